The molecule has 0 saturated carbocycles. The van der Waals surface area contributed by atoms with E-state index in [1.54, 1.807) is 0 Å². The first kappa shape index (κ1) is 13.2. The smallest absolute Gasteiger partial charge is 0.257 e. The van der Waals surface area contributed by atoms with Gasteiger partial charge in [-0.15, -0.1) is 0 Å². The molecule has 16 heavy (non-hydrogen) atoms. The summed E-state index contributed by atoms with van der Waals surface area (Å²) in [5, 5.41) is 0.116. The van der Waals surface area contributed by atoms with Crippen LogP contribution in [0.3, 0.4) is 0 Å². The summed E-state index contributed by atoms with van der Waals surface area (Å²) in [5.41, 5.74) is 0. The van der Waals surface area contributed by atoms with Crippen molar-refractivity contribution in [2.24, 2.45) is 5.92 Å². The highest BCUT2D eigenvalue weighted by Crippen LogP contribution is 2.15. The number of nitrogens with one attached hydrogen (secondary N) is 2. The van der Waals surface area contributed by atoms with E-state index in [4.69, 9.17) is 0 Å². The van der Waals surface area contributed by atoms with Crippen LogP contribution in [0.1, 0.15) is 33.6 Å². The third kappa shape index (κ3) is 3.05. The van der Waals surface area contributed by atoms with E-state index in [0.717, 1.165) is 12.8 Å². The number of rotatable bonds is 6. The number of imidazole rings is 1. The summed E-state index contributed by atoms with van der Waals surface area (Å²) >= 11 is 0. The molecule has 0 aromatic carbocycles. The maximum absolute atomic E-state index is 11.9. The molecule has 5 nitrogen and oxygen atoms in total. The standard InChI is InChI=1S/C10H19N3O2S/c1-4-9(5-2)8(3)13-16(14,15)10-6-11-7-12-10/h6-9,13H,4-5H2,1-3H3,(H,11,12). The quantitative estimate of drug-likeness (QED) is 0.797. The first-order valence-electron chi connectivity index (χ1n) is 5.52. The maximum atomic E-state index is 11.9. The van der Waals surface area contributed by atoms with E-state index in [1.165, 1.54) is 12.5 Å². The average Bonchev–Trinajstić information content (AvgIpc) is 2.71. The highest BCUT2D eigenvalue weighted by atomic mass is 32.2. The van der Waals surface area contributed by atoms with Gasteiger partial charge in [0.15, 0.2) is 5.03 Å². The third-order valence-corrected chi connectivity index (χ3v) is 4.34. The molecule has 0 spiro atoms. The fraction of sp³-hybridized carbons (Fsp3) is 0.700. The topological polar surface area (TPSA) is 74.8 Å². The number of hydrogen-bond acceptors (Lipinski definition) is 3. The van der Waals surface area contributed by atoms with Gasteiger partial charge in [-0.1, -0.05) is 26.7 Å². The normalized spacial score (nSPS) is 14.2. The Bertz CT molecular complexity index is 396. The Hall–Kier alpha value is -0.880. The van der Waals surface area contributed by atoms with E-state index >= 15 is 0 Å². The maximum Gasteiger partial charge on any atom is 0.257 e. The Morgan fingerprint density at radius 3 is 2.50 bits per heavy atom. The van der Waals surface area contributed by atoms with E-state index in [-0.39, 0.29) is 11.1 Å². The fourth-order valence-corrected chi connectivity index (χ4v) is 3.01. The van der Waals surface area contributed by atoms with Gasteiger partial charge in [-0.25, -0.2) is 18.1 Å². The SMILES string of the molecule is CCC(CC)C(C)NS(=O)(=O)c1cnc[nH]1. The minimum Gasteiger partial charge on any atom is -0.335 e. The molecule has 1 aromatic rings. The third-order valence-electron chi connectivity index (χ3n) is 2.86. The van der Waals surface area contributed by atoms with Crippen LogP contribution in [0.4, 0.5) is 0 Å². The molecular weight excluding hydrogens is 226 g/mol. The molecule has 1 atom stereocenters. The van der Waals surface area contributed by atoms with Crippen molar-refractivity contribution < 1.29 is 8.42 Å². The van der Waals surface area contributed by atoms with Gasteiger partial charge in [0.2, 0.25) is 0 Å². The van der Waals surface area contributed by atoms with Crippen LogP contribution in [0.2, 0.25) is 0 Å². The Balaban J connectivity index is 2.74. The number of aromatic amines is 1. The molecule has 1 unspecified atom stereocenters. The molecule has 0 radical (unpaired) electrons. The Kier molecular flexibility index (Phi) is 4.49. The van der Waals surface area contributed by atoms with Crippen molar-refractivity contribution in [3.63, 3.8) is 0 Å². The summed E-state index contributed by atoms with van der Waals surface area (Å²) in [6.07, 6.45) is 4.59. The van der Waals surface area contributed by atoms with Crippen molar-refractivity contribution in [1.29, 1.82) is 0 Å². The lowest BCUT2D eigenvalue weighted by Crippen LogP contribution is -2.37. The van der Waals surface area contributed by atoms with Gasteiger partial charge in [0, 0.05) is 6.04 Å². The van der Waals surface area contributed by atoms with E-state index in [9.17, 15) is 8.42 Å². The molecule has 2 N–H and O–H groups in total. The predicted molar refractivity (Wildman–Crippen MR) is 62.4 cm³/mol. The first-order chi connectivity index (χ1) is 7.51. The highest BCUT2D eigenvalue weighted by molar-refractivity contribution is 7.89. The molecule has 0 amide bonds. The van der Waals surface area contributed by atoms with Gasteiger partial charge in [-0.2, -0.15) is 0 Å². The van der Waals surface area contributed by atoms with Gasteiger partial charge in [-0.05, 0) is 12.8 Å². The summed E-state index contributed by atoms with van der Waals surface area (Å²) in [6.45, 7) is 6.02. The molecule has 0 aliphatic rings. The van der Waals surface area contributed by atoms with Crippen LogP contribution in [0, 0.1) is 5.92 Å². The largest absolute Gasteiger partial charge is 0.335 e. The van der Waals surface area contributed by atoms with E-state index in [2.05, 4.69) is 28.5 Å². The minimum absolute atomic E-state index is 0.0664. The van der Waals surface area contributed by atoms with Crippen molar-refractivity contribution in [1.82, 2.24) is 14.7 Å². The van der Waals surface area contributed by atoms with Crippen LogP contribution in [0.25, 0.3) is 0 Å². The first-order valence-corrected chi connectivity index (χ1v) is 7.00. The molecule has 0 aliphatic heterocycles. The Labute approximate surface area is 96.7 Å². The summed E-state index contributed by atoms with van der Waals surface area (Å²) in [5.74, 6) is 0.359. The molecule has 1 heterocycles. The number of hydrogen-bond donors (Lipinski definition) is 2. The predicted octanol–water partition coefficient (Wildman–Crippen LogP) is 1.51. The zero-order valence-corrected chi connectivity index (χ0v) is 10.7. The van der Waals surface area contributed by atoms with Crippen molar-refractivity contribution in [3.05, 3.63) is 12.5 Å². The molecule has 0 saturated heterocycles. The lowest BCUT2D eigenvalue weighted by Gasteiger charge is -2.21. The monoisotopic (exact) mass is 245 g/mol. The van der Waals surface area contributed by atoms with Crippen LogP contribution in [-0.2, 0) is 10.0 Å². The van der Waals surface area contributed by atoms with Crippen molar-refractivity contribution in [2.75, 3.05) is 0 Å². The molecule has 92 valence electrons. The van der Waals surface area contributed by atoms with Crippen LogP contribution >= 0.6 is 0 Å². The summed E-state index contributed by atoms with van der Waals surface area (Å²) in [4.78, 5) is 6.30. The zero-order valence-electron chi connectivity index (χ0n) is 9.90. The van der Waals surface area contributed by atoms with Crippen molar-refractivity contribution in [2.45, 2.75) is 44.7 Å². The molecule has 0 aliphatic carbocycles. The van der Waals surface area contributed by atoms with Gasteiger partial charge in [0.05, 0.1) is 12.5 Å². The van der Waals surface area contributed by atoms with Crippen LogP contribution < -0.4 is 4.72 Å². The van der Waals surface area contributed by atoms with Crippen LogP contribution in [0.15, 0.2) is 17.6 Å². The van der Waals surface area contributed by atoms with E-state index in [0.29, 0.717) is 5.92 Å². The summed E-state index contributed by atoms with van der Waals surface area (Å²) in [7, 11) is -3.45. The second-order valence-corrected chi connectivity index (χ2v) is 5.58. The lowest BCUT2D eigenvalue weighted by molar-refractivity contribution is 0.390. The van der Waals surface area contributed by atoms with Gasteiger partial charge >= 0.3 is 0 Å². The van der Waals surface area contributed by atoms with Gasteiger partial charge in [0.1, 0.15) is 0 Å². The molecular formula is C10H19N3O2S. The zero-order chi connectivity index (χ0) is 12.2. The fourth-order valence-electron chi connectivity index (χ4n) is 1.79. The van der Waals surface area contributed by atoms with E-state index < -0.39 is 10.0 Å². The molecule has 1 rings (SSSR count). The Morgan fingerprint density at radius 2 is 2.06 bits per heavy atom. The van der Waals surface area contributed by atoms with Gasteiger partial charge in [-0.3, -0.25) is 0 Å². The van der Waals surface area contributed by atoms with Crippen LogP contribution in [-0.4, -0.2) is 24.4 Å². The number of aromatic nitrogens is 2. The summed E-state index contributed by atoms with van der Waals surface area (Å²) in [6, 6.07) is -0.0664. The average molecular weight is 245 g/mol. The minimum atomic E-state index is -3.45. The van der Waals surface area contributed by atoms with Crippen molar-refractivity contribution >= 4 is 10.0 Å². The number of H-pyrrole nitrogens is 1. The molecule has 0 fully saturated rings. The van der Waals surface area contributed by atoms with Crippen LogP contribution in [0.5, 0.6) is 0 Å². The number of nitrogens with zero attached hydrogens (tertiary/aromatic N) is 1. The lowest BCUT2D eigenvalue weighted by atomic mass is 9.96. The van der Waals surface area contributed by atoms with Crippen molar-refractivity contribution in [3.8, 4) is 0 Å². The van der Waals surface area contributed by atoms with E-state index in [1.807, 2.05) is 6.92 Å². The molecule has 1 aromatic heterocycles. The van der Waals surface area contributed by atoms with Gasteiger partial charge in [0.25, 0.3) is 10.0 Å². The second kappa shape index (κ2) is 5.45. The molecule has 0 bridgehead atoms. The molecule has 6 heteroatoms. The number of sulfonamides is 1. The van der Waals surface area contributed by atoms with Gasteiger partial charge < -0.3 is 4.98 Å². The second-order valence-electron chi connectivity index (χ2n) is 3.90. The summed E-state index contributed by atoms with van der Waals surface area (Å²) < 4.78 is 26.4. The highest BCUT2D eigenvalue weighted by Gasteiger charge is 2.22. The Morgan fingerprint density at radius 1 is 1.44 bits per heavy atom.